The number of anilines is 1. The number of hydrogen-bond donors (Lipinski definition) is 1. The highest BCUT2D eigenvalue weighted by Gasteiger charge is 2.13. The van der Waals surface area contributed by atoms with Crippen molar-refractivity contribution in [2.75, 3.05) is 38.6 Å². The largest absolute Gasteiger partial charge is 0.379 e. The predicted molar refractivity (Wildman–Crippen MR) is 76.4 cm³/mol. The molecule has 0 aliphatic carbocycles. The Labute approximate surface area is 119 Å². The average Bonchev–Trinajstić information content (AvgIpc) is 3.06. The van der Waals surface area contributed by atoms with E-state index in [0.29, 0.717) is 5.13 Å². The second-order valence-electron chi connectivity index (χ2n) is 4.28. The molecule has 2 N–H and O–H groups in total. The third-order valence-electron chi connectivity index (χ3n) is 2.96. The number of nitrogen functional groups attached to an aromatic ring is 1. The first kappa shape index (κ1) is 12.9. The van der Waals surface area contributed by atoms with Gasteiger partial charge >= 0.3 is 0 Å². The van der Waals surface area contributed by atoms with Gasteiger partial charge in [-0.25, -0.2) is 4.98 Å². The van der Waals surface area contributed by atoms with Crippen LogP contribution in [0.5, 0.6) is 0 Å². The van der Waals surface area contributed by atoms with Gasteiger partial charge in [0, 0.05) is 31.4 Å². The van der Waals surface area contributed by atoms with E-state index in [4.69, 9.17) is 10.5 Å². The SMILES string of the molecule is Nc1nnc(-c2csc(CCN3CCOCC3)n2)s1. The van der Waals surface area contributed by atoms with Crippen LogP contribution in [0.25, 0.3) is 10.7 Å². The van der Waals surface area contributed by atoms with Gasteiger partial charge in [0.2, 0.25) is 5.13 Å². The van der Waals surface area contributed by atoms with E-state index in [1.54, 1.807) is 11.3 Å². The second-order valence-corrected chi connectivity index (χ2v) is 6.23. The van der Waals surface area contributed by atoms with Crippen molar-refractivity contribution in [1.29, 1.82) is 0 Å². The van der Waals surface area contributed by atoms with E-state index < -0.39 is 0 Å². The Hall–Kier alpha value is -1.09. The molecule has 1 aliphatic heterocycles. The van der Waals surface area contributed by atoms with Gasteiger partial charge in [-0.15, -0.1) is 21.5 Å². The average molecular weight is 297 g/mol. The Kier molecular flexibility index (Phi) is 4.02. The summed E-state index contributed by atoms with van der Waals surface area (Å²) in [6.07, 6.45) is 0.971. The van der Waals surface area contributed by atoms with Crippen LogP contribution in [0.3, 0.4) is 0 Å². The third kappa shape index (κ3) is 3.27. The summed E-state index contributed by atoms with van der Waals surface area (Å²) in [6.45, 7) is 4.76. The van der Waals surface area contributed by atoms with Crippen LogP contribution in [0.15, 0.2) is 5.38 Å². The minimum Gasteiger partial charge on any atom is -0.379 e. The lowest BCUT2D eigenvalue weighted by atomic mass is 10.3. The summed E-state index contributed by atoms with van der Waals surface area (Å²) in [5.74, 6) is 0. The zero-order valence-electron chi connectivity index (χ0n) is 10.4. The van der Waals surface area contributed by atoms with Crippen LogP contribution in [-0.4, -0.2) is 52.9 Å². The van der Waals surface area contributed by atoms with E-state index in [-0.39, 0.29) is 0 Å². The van der Waals surface area contributed by atoms with E-state index in [0.717, 1.165) is 55.0 Å². The maximum absolute atomic E-state index is 5.58. The first-order chi connectivity index (χ1) is 9.31. The maximum atomic E-state index is 5.58. The van der Waals surface area contributed by atoms with E-state index >= 15 is 0 Å². The first-order valence-electron chi connectivity index (χ1n) is 6.15. The number of nitrogens with two attached hydrogens (primary N) is 1. The highest BCUT2D eigenvalue weighted by atomic mass is 32.1. The standard InChI is InChI=1S/C11H15N5OS2/c12-11-15-14-10(19-11)8-7-18-9(13-8)1-2-16-3-5-17-6-4-16/h7H,1-6H2,(H2,12,15). The Morgan fingerprint density at radius 2 is 2.16 bits per heavy atom. The Morgan fingerprint density at radius 3 is 2.89 bits per heavy atom. The molecule has 1 aliphatic rings. The van der Waals surface area contributed by atoms with Gasteiger partial charge in [0.1, 0.15) is 5.69 Å². The molecule has 0 atom stereocenters. The lowest BCUT2D eigenvalue weighted by Gasteiger charge is -2.25. The molecule has 0 bridgehead atoms. The lowest BCUT2D eigenvalue weighted by Crippen LogP contribution is -2.37. The van der Waals surface area contributed by atoms with Crippen molar-refractivity contribution in [2.45, 2.75) is 6.42 Å². The molecule has 0 radical (unpaired) electrons. The maximum Gasteiger partial charge on any atom is 0.203 e. The molecule has 2 aromatic heterocycles. The van der Waals surface area contributed by atoms with Gasteiger partial charge in [0.15, 0.2) is 5.01 Å². The van der Waals surface area contributed by atoms with E-state index in [9.17, 15) is 0 Å². The summed E-state index contributed by atoms with van der Waals surface area (Å²) in [5, 5.41) is 12.3. The second kappa shape index (κ2) is 5.91. The minimum absolute atomic E-state index is 0.484. The number of nitrogens with zero attached hydrogens (tertiary/aromatic N) is 4. The number of thiazole rings is 1. The Morgan fingerprint density at radius 1 is 1.32 bits per heavy atom. The van der Waals surface area contributed by atoms with Crippen molar-refractivity contribution in [1.82, 2.24) is 20.1 Å². The molecule has 0 amide bonds. The zero-order valence-corrected chi connectivity index (χ0v) is 12.0. The molecular formula is C11H15N5OS2. The van der Waals surface area contributed by atoms with Crippen LogP contribution in [0.4, 0.5) is 5.13 Å². The Balaban J connectivity index is 1.58. The minimum atomic E-state index is 0.484. The normalized spacial score (nSPS) is 16.8. The molecule has 2 aromatic rings. The zero-order chi connectivity index (χ0) is 13.1. The molecule has 0 unspecified atom stereocenters. The van der Waals surface area contributed by atoms with Crippen molar-refractivity contribution in [3.05, 3.63) is 10.4 Å². The molecule has 19 heavy (non-hydrogen) atoms. The number of morpholine rings is 1. The number of aromatic nitrogens is 3. The molecular weight excluding hydrogens is 282 g/mol. The molecule has 102 valence electrons. The first-order valence-corrected chi connectivity index (χ1v) is 7.85. The van der Waals surface area contributed by atoms with Gasteiger partial charge in [-0.2, -0.15) is 0 Å². The fraction of sp³-hybridized carbons (Fsp3) is 0.545. The summed E-state index contributed by atoms with van der Waals surface area (Å²) >= 11 is 3.04. The van der Waals surface area contributed by atoms with Gasteiger partial charge in [-0.05, 0) is 0 Å². The van der Waals surface area contributed by atoms with Crippen LogP contribution in [-0.2, 0) is 11.2 Å². The topological polar surface area (TPSA) is 77.2 Å². The van der Waals surface area contributed by atoms with Crippen LogP contribution < -0.4 is 5.73 Å². The van der Waals surface area contributed by atoms with Gasteiger partial charge < -0.3 is 10.5 Å². The summed E-state index contributed by atoms with van der Waals surface area (Å²) < 4.78 is 5.34. The fourth-order valence-corrected chi connectivity index (χ4v) is 3.36. The van der Waals surface area contributed by atoms with Crippen LogP contribution in [0.2, 0.25) is 0 Å². The van der Waals surface area contributed by atoms with Crippen molar-refractivity contribution >= 4 is 27.8 Å². The summed E-state index contributed by atoms with van der Waals surface area (Å²) in [4.78, 5) is 7.00. The molecule has 1 saturated heterocycles. The Bertz CT molecular complexity index is 535. The van der Waals surface area contributed by atoms with Crippen LogP contribution >= 0.6 is 22.7 Å². The molecule has 1 fully saturated rings. The summed E-state index contributed by atoms with van der Waals surface area (Å²) in [5.41, 5.74) is 6.47. The van der Waals surface area contributed by atoms with Gasteiger partial charge in [0.05, 0.1) is 18.2 Å². The van der Waals surface area contributed by atoms with Crippen molar-refractivity contribution < 1.29 is 4.74 Å². The number of rotatable bonds is 4. The van der Waals surface area contributed by atoms with Crippen molar-refractivity contribution in [3.8, 4) is 10.7 Å². The van der Waals surface area contributed by atoms with Crippen LogP contribution in [0, 0.1) is 0 Å². The molecule has 0 saturated carbocycles. The number of ether oxygens (including phenoxy) is 1. The van der Waals surface area contributed by atoms with Gasteiger partial charge in [-0.1, -0.05) is 11.3 Å². The summed E-state index contributed by atoms with van der Waals surface area (Å²) in [6, 6.07) is 0. The quantitative estimate of drug-likeness (QED) is 0.911. The van der Waals surface area contributed by atoms with E-state index in [2.05, 4.69) is 20.1 Å². The van der Waals surface area contributed by atoms with Gasteiger partial charge in [0.25, 0.3) is 0 Å². The van der Waals surface area contributed by atoms with Gasteiger partial charge in [-0.3, -0.25) is 4.90 Å². The van der Waals surface area contributed by atoms with E-state index in [1.807, 2.05) is 5.38 Å². The molecule has 3 rings (SSSR count). The summed E-state index contributed by atoms with van der Waals surface area (Å²) in [7, 11) is 0. The molecule has 3 heterocycles. The monoisotopic (exact) mass is 297 g/mol. The number of hydrogen-bond acceptors (Lipinski definition) is 8. The predicted octanol–water partition coefficient (Wildman–Crippen LogP) is 1.12. The molecule has 0 aromatic carbocycles. The fourth-order valence-electron chi connectivity index (χ4n) is 1.94. The lowest BCUT2D eigenvalue weighted by molar-refractivity contribution is 0.0384. The molecule has 6 nitrogen and oxygen atoms in total. The molecule has 0 spiro atoms. The van der Waals surface area contributed by atoms with Crippen molar-refractivity contribution in [2.24, 2.45) is 0 Å². The molecule has 8 heteroatoms. The smallest absolute Gasteiger partial charge is 0.203 e. The highest BCUT2D eigenvalue weighted by molar-refractivity contribution is 7.18. The van der Waals surface area contributed by atoms with E-state index in [1.165, 1.54) is 11.3 Å². The third-order valence-corrected chi connectivity index (χ3v) is 4.64. The van der Waals surface area contributed by atoms with Crippen LogP contribution in [0.1, 0.15) is 5.01 Å². The van der Waals surface area contributed by atoms with Crippen molar-refractivity contribution in [3.63, 3.8) is 0 Å². The highest BCUT2D eigenvalue weighted by Crippen LogP contribution is 2.26.